The van der Waals surface area contributed by atoms with Crippen molar-refractivity contribution in [1.82, 2.24) is 4.90 Å². The zero-order valence-electron chi connectivity index (χ0n) is 9.80. The third-order valence-corrected chi connectivity index (χ3v) is 3.24. The lowest BCUT2D eigenvalue weighted by atomic mass is 9.98. The standard InChI is InChI=1S/C13H18N2O2/c14-12-5-3-10(4-6-12)8-15-7-1-2-11(9-15)13(16)17/h3-6,11H,1-2,7-9,14H2,(H,16,17). The van der Waals surface area contributed by atoms with Gasteiger partial charge in [0.2, 0.25) is 0 Å². The lowest BCUT2D eigenvalue weighted by Gasteiger charge is -2.30. The molecule has 1 aromatic rings. The van der Waals surface area contributed by atoms with E-state index in [2.05, 4.69) is 4.90 Å². The molecule has 0 amide bonds. The van der Waals surface area contributed by atoms with Gasteiger partial charge in [0, 0.05) is 18.8 Å². The summed E-state index contributed by atoms with van der Waals surface area (Å²) >= 11 is 0. The SMILES string of the molecule is Nc1ccc(CN2CCCC(C(=O)O)C2)cc1. The van der Waals surface area contributed by atoms with Crippen LogP contribution in [-0.4, -0.2) is 29.1 Å². The van der Waals surface area contributed by atoms with Crippen LogP contribution in [0.3, 0.4) is 0 Å². The van der Waals surface area contributed by atoms with Crippen LogP contribution in [0.4, 0.5) is 5.69 Å². The molecule has 3 N–H and O–H groups in total. The molecular weight excluding hydrogens is 216 g/mol. The highest BCUT2D eigenvalue weighted by molar-refractivity contribution is 5.70. The third kappa shape index (κ3) is 3.20. The molecule has 2 rings (SSSR count). The predicted molar refractivity (Wildman–Crippen MR) is 66.5 cm³/mol. The fourth-order valence-electron chi connectivity index (χ4n) is 2.28. The maximum atomic E-state index is 11.0. The van der Waals surface area contributed by atoms with Crippen molar-refractivity contribution in [3.8, 4) is 0 Å². The minimum Gasteiger partial charge on any atom is -0.481 e. The molecule has 1 fully saturated rings. The Morgan fingerprint density at radius 2 is 2.12 bits per heavy atom. The second-order valence-corrected chi connectivity index (χ2v) is 4.65. The van der Waals surface area contributed by atoms with Gasteiger partial charge in [-0.25, -0.2) is 0 Å². The van der Waals surface area contributed by atoms with E-state index in [0.29, 0.717) is 6.54 Å². The summed E-state index contributed by atoms with van der Waals surface area (Å²) in [6, 6.07) is 7.77. The maximum absolute atomic E-state index is 11.0. The zero-order valence-corrected chi connectivity index (χ0v) is 9.80. The van der Waals surface area contributed by atoms with E-state index >= 15 is 0 Å². The Morgan fingerprint density at radius 1 is 1.41 bits per heavy atom. The summed E-state index contributed by atoms with van der Waals surface area (Å²) < 4.78 is 0. The average molecular weight is 234 g/mol. The number of carboxylic acid groups (broad SMARTS) is 1. The monoisotopic (exact) mass is 234 g/mol. The van der Waals surface area contributed by atoms with E-state index in [0.717, 1.165) is 31.6 Å². The lowest BCUT2D eigenvalue weighted by Crippen LogP contribution is -2.38. The van der Waals surface area contributed by atoms with E-state index in [9.17, 15) is 4.79 Å². The van der Waals surface area contributed by atoms with E-state index in [1.165, 1.54) is 5.56 Å². The summed E-state index contributed by atoms with van der Waals surface area (Å²) in [6.45, 7) is 2.44. The van der Waals surface area contributed by atoms with E-state index in [1.807, 2.05) is 24.3 Å². The summed E-state index contributed by atoms with van der Waals surface area (Å²) in [5, 5.41) is 9.02. The van der Waals surface area contributed by atoms with E-state index in [1.54, 1.807) is 0 Å². The molecule has 0 spiro atoms. The first-order chi connectivity index (χ1) is 8.15. The van der Waals surface area contributed by atoms with Crippen molar-refractivity contribution >= 4 is 11.7 Å². The molecule has 0 bridgehead atoms. The number of rotatable bonds is 3. The Hall–Kier alpha value is -1.55. The van der Waals surface area contributed by atoms with Gasteiger partial charge in [-0.2, -0.15) is 0 Å². The van der Waals surface area contributed by atoms with Gasteiger partial charge in [0.15, 0.2) is 0 Å². The van der Waals surface area contributed by atoms with E-state index in [4.69, 9.17) is 10.8 Å². The minimum absolute atomic E-state index is 0.211. The molecule has 17 heavy (non-hydrogen) atoms. The zero-order chi connectivity index (χ0) is 12.3. The van der Waals surface area contributed by atoms with Crippen molar-refractivity contribution in [1.29, 1.82) is 0 Å². The number of piperidine rings is 1. The van der Waals surface area contributed by atoms with Crippen molar-refractivity contribution < 1.29 is 9.90 Å². The van der Waals surface area contributed by atoms with Crippen molar-refractivity contribution in [3.63, 3.8) is 0 Å². The fraction of sp³-hybridized carbons (Fsp3) is 0.462. The Balaban J connectivity index is 1.94. The van der Waals surface area contributed by atoms with Crippen LogP contribution in [0.1, 0.15) is 18.4 Å². The normalized spacial score (nSPS) is 21.3. The van der Waals surface area contributed by atoms with Crippen LogP contribution in [0.2, 0.25) is 0 Å². The highest BCUT2D eigenvalue weighted by Gasteiger charge is 2.24. The molecule has 1 aromatic carbocycles. The molecular formula is C13H18N2O2. The molecule has 1 heterocycles. The smallest absolute Gasteiger partial charge is 0.307 e. The van der Waals surface area contributed by atoms with Crippen molar-refractivity contribution in [2.24, 2.45) is 5.92 Å². The second kappa shape index (κ2) is 5.19. The number of aliphatic carboxylic acids is 1. The first-order valence-electron chi connectivity index (χ1n) is 5.95. The van der Waals surface area contributed by atoms with Gasteiger partial charge in [-0.3, -0.25) is 9.69 Å². The summed E-state index contributed by atoms with van der Waals surface area (Å²) in [7, 11) is 0. The van der Waals surface area contributed by atoms with Crippen LogP contribution in [-0.2, 0) is 11.3 Å². The highest BCUT2D eigenvalue weighted by atomic mass is 16.4. The number of anilines is 1. The number of likely N-dealkylation sites (tertiary alicyclic amines) is 1. The Kier molecular flexibility index (Phi) is 3.64. The van der Waals surface area contributed by atoms with Crippen molar-refractivity contribution in [3.05, 3.63) is 29.8 Å². The fourth-order valence-corrected chi connectivity index (χ4v) is 2.28. The van der Waals surface area contributed by atoms with E-state index < -0.39 is 5.97 Å². The molecule has 0 aliphatic carbocycles. The van der Waals surface area contributed by atoms with Crippen LogP contribution in [0.15, 0.2) is 24.3 Å². The van der Waals surface area contributed by atoms with Gasteiger partial charge in [0.25, 0.3) is 0 Å². The Labute approximate surface area is 101 Å². The number of carboxylic acids is 1. The van der Waals surface area contributed by atoms with E-state index in [-0.39, 0.29) is 5.92 Å². The third-order valence-electron chi connectivity index (χ3n) is 3.24. The Morgan fingerprint density at radius 3 is 2.76 bits per heavy atom. The summed E-state index contributed by atoms with van der Waals surface area (Å²) in [4.78, 5) is 13.2. The molecule has 1 aliphatic heterocycles. The van der Waals surface area contributed by atoms with Gasteiger partial charge in [-0.1, -0.05) is 12.1 Å². The molecule has 0 aromatic heterocycles. The number of hydrogen-bond acceptors (Lipinski definition) is 3. The van der Waals surface area contributed by atoms with Crippen LogP contribution in [0.25, 0.3) is 0 Å². The van der Waals surface area contributed by atoms with Gasteiger partial charge in [0.05, 0.1) is 5.92 Å². The molecule has 0 saturated carbocycles. The van der Waals surface area contributed by atoms with Crippen LogP contribution >= 0.6 is 0 Å². The highest BCUT2D eigenvalue weighted by Crippen LogP contribution is 2.19. The number of hydrogen-bond donors (Lipinski definition) is 2. The van der Waals surface area contributed by atoms with Gasteiger partial charge >= 0.3 is 5.97 Å². The topological polar surface area (TPSA) is 66.6 Å². The predicted octanol–water partition coefficient (Wildman–Crippen LogP) is 1.57. The number of nitrogens with zero attached hydrogens (tertiary/aromatic N) is 1. The summed E-state index contributed by atoms with van der Waals surface area (Å²) in [6.07, 6.45) is 1.76. The molecule has 0 radical (unpaired) electrons. The summed E-state index contributed by atoms with van der Waals surface area (Å²) in [5.41, 5.74) is 7.58. The van der Waals surface area contributed by atoms with Gasteiger partial charge < -0.3 is 10.8 Å². The first-order valence-corrected chi connectivity index (χ1v) is 5.95. The molecule has 92 valence electrons. The quantitative estimate of drug-likeness (QED) is 0.779. The van der Waals surface area contributed by atoms with Crippen LogP contribution < -0.4 is 5.73 Å². The molecule has 1 unspecified atom stereocenters. The number of nitrogens with two attached hydrogens (primary N) is 1. The van der Waals surface area contributed by atoms with Gasteiger partial charge in [-0.05, 0) is 37.1 Å². The second-order valence-electron chi connectivity index (χ2n) is 4.65. The molecule has 4 heteroatoms. The summed E-state index contributed by atoms with van der Waals surface area (Å²) in [5.74, 6) is -0.885. The molecule has 4 nitrogen and oxygen atoms in total. The van der Waals surface area contributed by atoms with Crippen LogP contribution in [0, 0.1) is 5.92 Å². The number of carbonyl (C=O) groups is 1. The minimum atomic E-state index is -0.674. The number of nitrogen functional groups attached to an aromatic ring is 1. The number of benzene rings is 1. The largest absolute Gasteiger partial charge is 0.481 e. The van der Waals surface area contributed by atoms with Crippen molar-refractivity contribution in [2.45, 2.75) is 19.4 Å². The van der Waals surface area contributed by atoms with Gasteiger partial charge in [0.1, 0.15) is 0 Å². The molecule has 1 saturated heterocycles. The maximum Gasteiger partial charge on any atom is 0.307 e. The van der Waals surface area contributed by atoms with Crippen LogP contribution in [0.5, 0.6) is 0 Å². The average Bonchev–Trinajstić information content (AvgIpc) is 2.32. The van der Waals surface area contributed by atoms with Crippen molar-refractivity contribution in [2.75, 3.05) is 18.8 Å². The molecule has 1 atom stereocenters. The Bertz CT molecular complexity index is 389. The molecule has 1 aliphatic rings. The first kappa shape index (κ1) is 11.9. The lowest BCUT2D eigenvalue weighted by molar-refractivity contribution is -0.143. The van der Waals surface area contributed by atoms with Gasteiger partial charge in [-0.15, -0.1) is 0 Å².